The van der Waals surface area contributed by atoms with Crippen LogP contribution in [0.15, 0.2) is 18.3 Å². The summed E-state index contributed by atoms with van der Waals surface area (Å²) in [7, 11) is -1.78. The van der Waals surface area contributed by atoms with E-state index in [0.29, 0.717) is 24.5 Å². The van der Waals surface area contributed by atoms with Gasteiger partial charge in [-0.25, -0.2) is 4.98 Å². The minimum Gasteiger partial charge on any atom is -0.416 e. The highest BCUT2D eigenvalue weighted by Crippen LogP contribution is 2.36. The van der Waals surface area contributed by atoms with Crippen LogP contribution in [0, 0.1) is 0 Å². The molecule has 1 aromatic rings. The average molecular weight is 295 g/mol. The van der Waals surface area contributed by atoms with Crippen LogP contribution in [-0.2, 0) is 9.22 Å². The van der Waals surface area contributed by atoms with Gasteiger partial charge < -0.3 is 15.5 Å². The highest BCUT2D eigenvalue weighted by molar-refractivity contribution is 6.74. The molecule has 6 heteroatoms. The number of pyridine rings is 1. The van der Waals surface area contributed by atoms with E-state index in [1.807, 2.05) is 0 Å². The van der Waals surface area contributed by atoms with E-state index in [9.17, 15) is 4.79 Å². The summed E-state index contributed by atoms with van der Waals surface area (Å²) in [5.74, 6) is 0.361. The van der Waals surface area contributed by atoms with Gasteiger partial charge in [0, 0.05) is 13.0 Å². The van der Waals surface area contributed by atoms with Crippen LogP contribution in [0.25, 0.3) is 0 Å². The summed E-state index contributed by atoms with van der Waals surface area (Å²) in [5.41, 5.74) is 6.14. The van der Waals surface area contributed by atoms with Crippen LogP contribution in [-0.4, -0.2) is 25.8 Å². The Morgan fingerprint density at radius 1 is 1.40 bits per heavy atom. The molecule has 0 bridgehead atoms. The topological polar surface area (TPSA) is 77.2 Å². The van der Waals surface area contributed by atoms with Crippen LogP contribution < -0.4 is 11.1 Å². The standard InChI is InChI=1S/C14H25N3O2Si/c1-14(2,3)20(4,5)19-9-8-13(18)17-11-6-7-12(15)16-10-11/h6-7,10H,8-9H2,1-5H3,(H2,15,16)(H,17,18). The van der Waals surface area contributed by atoms with E-state index in [4.69, 9.17) is 10.2 Å². The first-order chi connectivity index (χ1) is 9.12. The molecule has 0 aromatic carbocycles. The summed E-state index contributed by atoms with van der Waals surface area (Å²) in [6, 6.07) is 3.39. The number of nitrogens with zero attached hydrogens (tertiary/aromatic N) is 1. The first-order valence-electron chi connectivity index (χ1n) is 6.77. The SMILES string of the molecule is CC(C)(C)[Si](C)(C)OCCC(=O)Nc1ccc(N)nc1. The van der Waals surface area contributed by atoms with Gasteiger partial charge in [-0.05, 0) is 30.3 Å². The number of anilines is 2. The number of aromatic nitrogens is 1. The Morgan fingerprint density at radius 2 is 2.05 bits per heavy atom. The molecule has 0 saturated carbocycles. The molecule has 0 spiro atoms. The monoisotopic (exact) mass is 295 g/mol. The highest BCUT2D eigenvalue weighted by Gasteiger charge is 2.36. The van der Waals surface area contributed by atoms with Gasteiger partial charge in [-0.3, -0.25) is 4.79 Å². The number of nitrogens with one attached hydrogen (secondary N) is 1. The summed E-state index contributed by atoms with van der Waals surface area (Å²) in [5, 5.41) is 2.93. The van der Waals surface area contributed by atoms with E-state index in [-0.39, 0.29) is 10.9 Å². The van der Waals surface area contributed by atoms with Crippen LogP contribution in [0.1, 0.15) is 27.2 Å². The maximum Gasteiger partial charge on any atom is 0.226 e. The molecule has 1 heterocycles. The van der Waals surface area contributed by atoms with E-state index in [0.717, 1.165) is 0 Å². The zero-order chi connectivity index (χ0) is 15.4. The molecule has 1 amide bonds. The Kier molecular flexibility index (Phi) is 5.30. The lowest BCUT2D eigenvalue weighted by atomic mass is 10.2. The fourth-order valence-electron chi connectivity index (χ4n) is 1.32. The highest BCUT2D eigenvalue weighted by atomic mass is 28.4. The average Bonchev–Trinajstić information content (AvgIpc) is 2.30. The van der Waals surface area contributed by atoms with Crippen LogP contribution in [0.5, 0.6) is 0 Å². The summed E-state index contributed by atoms with van der Waals surface area (Å²) >= 11 is 0. The molecule has 0 fully saturated rings. The second kappa shape index (κ2) is 6.36. The summed E-state index contributed by atoms with van der Waals surface area (Å²) in [4.78, 5) is 15.7. The number of hydrogen-bond acceptors (Lipinski definition) is 4. The van der Waals surface area contributed by atoms with Crippen LogP contribution >= 0.6 is 0 Å². The number of carbonyl (C=O) groups is 1. The van der Waals surface area contributed by atoms with Crippen LogP contribution in [0.4, 0.5) is 11.5 Å². The lowest BCUT2D eigenvalue weighted by molar-refractivity contribution is -0.116. The molecule has 5 nitrogen and oxygen atoms in total. The molecule has 1 rings (SSSR count). The first-order valence-corrected chi connectivity index (χ1v) is 9.68. The molecule has 0 aliphatic heterocycles. The first kappa shape index (κ1) is 16.7. The third-order valence-corrected chi connectivity index (χ3v) is 8.21. The van der Waals surface area contributed by atoms with Crippen molar-refractivity contribution in [1.82, 2.24) is 4.98 Å². The molecule has 0 radical (unpaired) electrons. The van der Waals surface area contributed by atoms with E-state index in [1.165, 1.54) is 0 Å². The van der Waals surface area contributed by atoms with E-state index < -0.39 is 8.32 Å². The van der Waals surface area contributed by atoms with Gasteiger partial charge in [0.2, 0.25) is 5.91 Å². The molecule has 0 atom stereocenters. The van der Waals surface area contributed by atoms with Gasteiger partial charge in [-0.15, -0.1) is 0 Å². The molecule has 0 aliphatic rings. The van der Waals surface area contributed by atoms with Crippen molar-refractivity contribution in [2.75, 3.05) is 17.7 Å². The normalized spacial score (nSPS) is 12.2. The van der Waals surface area contributed by atoms with E-state index in [1.54, 1.807) is 18.3 Å². The van der Waals surface area contributed by atoms with E-state index >= 15 is 0 Å². The van der Waals surface area contributed by atoms with Crippen LogP contribution in [0.3, 0.4) is 0 Å². The Labute approximate surface area is 122 Å². The largest absolute Gasteiger partial charge is 0.416 e. The van der Waals surface area contributed by atoms with Crippen molar-refractivity contribution in [3.8, 4) is 0 Å². The zero-order valence-corrected chi connectivity index (χ0v) is 14.0. The molecular weight excluding hydrogens is 270 g/mol. The summed E-state index contributed by atoms with van der Waals surface area (Å²) < 4.78 is 5.96. The number of nitrogens with two attached hydrogens (primary N) is 1. The second-order valence-electron chi connectivity index (χ2n) is 6.38. The Hall–Kier alpha value is -1.40. The summed E-state index contributed by atoms with van der Waals surface area (Å²) in [6.45, 7) is 11.3. The number of carbonyl (C=O) groups excluding carboxylic acids is 1. The van der Waals surface area contributed by atoms with E-state index in [2.05, 4.69) is 44.2 Å². The quantitative estimate of drug-likeness (QED) is 0.819. The smallest absolute Gasteiger partial charge is 0.226 e. The van der Waals surface area contributed by atoms with Gasteiger partial charge in [-0.2, -0.15) is 0 Å². The van der Waals surface area contributed by atoms with Gasteiger partial charge >= 0.3 is 0 Å². The lowest BCUT2D eigenvalue weighted by Gasteiger charge is -2.36. The predicted molar refractivity (Wildman–Crippen MR) is 85.0 cm³/mol. The fraction of sp³-hybridized carbons (Fsp3) is 0.571. The van der Waals surface area contributed by atoms with Crippen molar-refractivity contribution < 1.29 is 9.22 Å². The van der Waals surface area contributed by atoms with Crippen LogP contribution in [0.2, 0.25) is 18.1 Å². The van der Waals surface area contributed by atoms with Gasteiger partial charge in [0.1, 0.15) is 5.82 Å². The third kappa shape index (κ3) is 4.94. The van der Waals surface area contributed by atoms with Gasteiger partial charge in [0.15, 0.2) is 8.32 Å². The zero-order valence-electron chi connectivity index (χ0n) is 13.0. The Bertz CT molecular complexity index is 452. The maximum absolute atomic E-state index is 11.8. The number of rotatable bonds is 5. The van der Waals surface area contributed by atoms with Crippen molar-refractivity contribution in [2.24, 2.45) is 0 Å². The van der Waals surface area contributed by atoms with Gasteiger partial charge in [-0.1, -0.05) is 20.8 Å². The molecule has 20 heavy (non-hydrogen) atoms. The van der Waals surface area contributed by atoms with Crippen molar-refractivity contribution in [3.63, 3.8) is 0 Å². The molecule has 3 N–H and O–H groups in total. The van der Waals surface area contributed by atoms with Gasteiger partial charge in [0.25, 0.3) is 0 Å². The molecule has 112 valence electrons. The number of amides is 1. The van der Waals surface area contributed by atoms with Crippen molar-refractivity contribution in [2.45, 2.75) is 45.3 Å². The van der Waals surface area contributed by atoms with Crippen molar-refractivity contribution in [1.29, 1.82) is 0 Å². The second-order valence-corrected chi connectivity index (χ2v) is 11.2. The van der Waals surface area contributed by atoms with Crippen molar-refractivity contribution in [3.05, 3.63) is 18.3 Å². The molecule has 1 aromatic heterocycles. The molecular formula is C14H25N3O2Si. The van der Waals surface area contributed by atoms with Gasteiger partial charge in [0.05, 0.1) is 11.9 Å². The minimum atomic E-state index is -1.78. The third-order valence-electron chi connectivity index (χ3n) is 3.67. The maximum atomic E-state index is 11.8. The predicted octanol–water partition coefficient (Wildman–Crippen LogP) is 3.01. The molecule has 0 aliphatic carbocycles. The van der Waals surface area contributed by atoms with Crippen molar-refractivity contribution >= 4 is 25.7 Å². The Morgan fingerprint density at radius 3 is 2.55 bits per heavy atom. The fourth-order valence-corrected chi connectivity index (χ4v) is 2.36. The Balaban J connectivity index is 2.39. The number of nitrogen functional groups attached to an aromatic ring is 1. The lowest BCUT2D eigenvalue weighted by Crippen LogP contribution is -2.41. The minimum absolute atomic E-state index is 0.0738. The summed E-state index contributed by atoms with van der Waals surface area (Å²) in [6.07, 6.45) is 1.89. The number of hydrogen-bond donors (Lipinski definition) is 2. The molecule has 0 saturated heterocycles. The molecule has 0 unspecified atom stereocenters.